The van der Waals surface area contributed by atoms with Crippen molar-refractivity contribution in [1.82, 2.24) is 9.80 Å². The minimum absolute atomic E-state index is 0.00651. The van der Waals surface area contributed by atoms with Crippen LogP contribution in [0, 0.1) is 0 Å². The molecule has 156 valence electrons. The molecule has 0 spiro atoms. The van der Waals surface area contributed by atoms with Gasteiger partial charge >= 0.3 is 0 Å². The van der Waals surface area contributed by atoms with E-state index in [-0.39, 0.29) is 5.91 Å². The number of carbonyl (C=O) groups excluding carboxylic acids is 1. The molecule has 1 aliphatic rings. The molecule has 7 nitrogen and oxygen atoms in total. The second-order valence-corrected chi connectivity index (χ2v) is 6.86. The summed E-state index contributed by atoms with van der Waals surface area (Å²) in [7, 11) is 6.43. The molecular weight excluding hydrogens is 372 g/mol. The van der Waals surface area contributed by atoms with Crippen molar-refractivity contribution in [1.29, 1.82) is 0 Å². The standard InChI is InChI=1S/C22H28N2O5/c1-26-18-12-17(13-19(14-18)27-2)22(25)24-9-7-23(8-10-24)15-16-5-6-20(28-3)21(11-16)29-4/h5-6,11-14H,7-10,15H2,1-4H3. The molecule has 1 aliphatic heterocycles. The van der Waals surface area contributed by atoms with Crippen molar-refractivity contribution < 1.29 is 23.7 Å². The van der Waals surface area contributed by atoms with Gasteiger partial charge in [-0.05, 0) is 29.8 Å². The molecule has 0 unspecified atom stereocenters. The number of rotatable bonds is 7. The molecule has 0 atom stereocenters. The first-order valence-electron chi connectivity index (χ1n) is 9.53. The van der Waals surface area contributed by atoms with Crippen LogP contribution < -0.4 is 18.9 Å². The Morgan fingerprint density at radius 2 is 1.41 bits per heavy atom. The van der Waals surface area contributed by atoms with E-state index < -0.39 is 0 Å². The predicted octanol–water partition coefficient (Wildman–Crippen LogP) is 2.68. The summed E-state index contributed by atoms with van der Waals surface area (Å²) in [5, 5.41) is 0. The number of nitrogens with zero attached hydrogens (tertiary/aromatic N) is 2. The van der Waals surface area contributed by atoms with Gasteiger partial charge in [0.05, 0.1) is 28.4 Å². The Morgan fingerprint density at radius 1 is 0.793 bits per heavy atom. The van der Waals surface area contributed by atoms with Crippen LogP contribution in [0.25, 0.3) is 0 Å². The number of hydrogen-bond acceptors (Lipinski definition) is 6. The number of benzene rings is 2. The van der Waals surface area contributed by atoms with Gasteiger partial charge in [0.25, 0.3) is 5.91 Å². The summed E-state index contributed by atoms with van der Waals surface area (Å²) in [4.78, 5) is 17.1. The number of amides is 1. The molecule has 1 fully saturated rings. The second-order valence-electron chi connectivity index (χ2n) is 6.86. The van der Waals surface area contributed by atoms with Crippen molar-refractivity contribution >= 4 is 5.91 Å². The van der Waals surface area contributed by atoms with E-state index in [0.29, 0.717) is 30.2 Å². The molecule has 3 rings (SSSR count). The van der Waals surface area contributed by atoms with Crippen molar-refractivity contribution in [3.05, 3.63) is 47.5 Å². The van der Waals surface area contributed by atoms with Crippen LogP contribution in [0.2, 0.25) is 0 Å². The molecular formula is C22H28N2O5. The van der Waals surface area contributed by atoms with Crippen LogP contribution in [0.3, 0.4) is 0 Å². The van der Waals surface area contributed by atoms with Gasteiger partial charge in [0, 0.05) is 44.4 Å². The SMILES string of the molecule is COc1cc(OC)cc(C(=O)N2CCN(Cc3ccc(OC)c(OC)c3)CC2)c1. The highest BCUT2D eigenvalue weighted by Gasteiger charge is 2.23. The number of hydrogen-bond donors (Lipinski definition) is 0. The summed E-state index contributed by atoms with van der Waals surface area (Å²) in [5.74, 6) is 2.67. The Bertz CT molecular complexity index is 825. The third-order valence-electron chi connectivity index (χ3n) is 5.11. The molecule has 0 N–H and O–H groups in total. The minimum Gasteiger partial charge on any atom is -0.497 e. The normalized spacial score (nSPS) is 14.4. The molecule has 0 radical (unpaired) electrons. The number of carbonyl (C=O) groups is 1. The summed E-state index contributed by atoms with van der Waals surface area (Å²) < 4.78 is 21.2. The highest BCUT2D eigenvalue weighted by atomic mass is 16.5. The van der Waals surface area contributed by atoms with Crippen LogP contribution in [-0.4, -0.2) is 70.3 Å². The monoisotopic (exact) mass is 400 g/mol. The van der Waals surface area contributed by atoms with Crippen molar-refractivity contribution in [3.8, 4) is 23.0 Å². The molecule has 1 amide bonds. The predicted molar refractivity (Wildman–Crippen MR) is 110 cm³/mol. The molecule has 0 aliphatic carbocycles. The van der Waals surface area contributed by atoms with E-state index in [1.807, 2.05) is 23.1 Å². The van der Waals surface area contributed by atoms with Gasteiger partial charge in [0.1, 0.15) is 11.5 Å². The molecule has 2 aromatic rings. The quantitative estimate of drug-likeness (QED) is 0.712. The molecule has 7 heteroatoms. The van der Waals surface area contributed by atoms with E-state index in [1.165, 1.54) is 0 Å². The smallest absolute Gasteiger partial charge is 0.254 e. The fraction of sp³-hybridized carbons (Fsp3) is 0.409. The van der Waals surface area contributed by atoms with E-state index in [0.717, 1.165) is 36.7 Å². The van der Waals surface area contributed by atoms with Gasteiger partial charge in [-0.3, -0.25) is 9.69 Å². The van der Waals surface area contributed by atoms with Crippen LogP contribution in [-0.2, 0) is 6.54 Å². The van der Waals surface area contributed by atoms with Gasteiger partial charge in [-0.25, -0.2) is 0 Å². The first-order chi connectivity index (χ1) is 14.1. The largest absolute Gasteiger partial charge is 0.497 e. The number of methoxy groups -OCH3 is 4. The van der Waals surface area contributed by atoms with Gasteiger partial charge in [0.2, 0.25) is 0 Å². The highest BCUT2D eigenvalue weighted by Crippen LogP contribution is 2.28. The Morgan fingerprint density at radius 3 is 1.97 bits per heavy atom. The average molecular weight is 400 g/mol. The molecule has 1 saturated heterocycles. The third-order valence-corrected chi connectivity index (χ3v) is 5.11. The van der Waals surface area contributed by atoms with E-state index in [2.05, 4.69) is 4.90 Å². The number of piperazine rings is 1. The maximum Gasteiger partial charge on any atom is 0.254 e. The van der Waals surface area contributed by atoms with Crippen LogP contribution >= 0.6 is 0 Å². The van der Waals surface area contributed by atoms with E-state index in [1.54, 1.807) is 46.6 Å². The lowest BCUT2D eigenvalue weighted by Crippen LogP contribution is -2.48. The van der Waals surface area contributed by atoms with E-state index in [9.17, 15) is 4.79 Å². The molecule has 2 aromatic carbocycles. The zero-order valence-electron chi connectivity index (χ0n) is 17.4. The molecule has 0 saturated carbocycles. The summed E-state index contributed by atoms with van der Waals surface area (Å²) in [6, 6.07) is 11.2. The van der Waals surface area contributed by atoms with Crippen molar-refractivity contribution in [2.45, 2.75) is 6.54 Å². The Kier molecular flexibility index (Phi) is 6.82. The summed E-state index contributed by atoms with van der Waals surface area (Å²) in [6.45, 7) is 3.76. The highest BCUT2D eigenvalue weighted by molar-refractivity contribution is 5.95. The lowest BCUT2D eigenvalue weighted by atomic mass is 10.1. The van der Waals surface area contributed by atoms with Gasteiger partial charge in [-0.2, -0.15) is 0 Å². The van der Waals surface area contributed by atoms with Gasteiger partial charge in [0.15, 0.2) is 11.5 Å². The number of ether oxygens (including phenoxy) is 4. The average Bonchev–Trinajstić information content (AvgIpc) is 2.78. The summed E-state index contributed by atoms with van der Waals surface area (Å²) in [5.41, 5.74) is 1.73. The van der Waals surface area contributed by atoms with Crippen LogP contribution in [0.15, 0.2) is 36.4 Å². The second kappa shape index (κ2) is 9.52. The Hall–Kier alpha value is -2.93. The fourth-order valence-electron chi connectivity index (χ4n) is 3.46. The Labute approximate surface area is 171 Å². The maximum absolute atomic E-state index is 12.9. The first kappa shape index (κ1) is 20.8. The van der Waals surface area contributed by atoms with Crippen molar-refractivity contribution in [3.63, 3.8) is 0 Å². The van der Waals surface area contributed by atoms with Crippen molar-refractivity contribution in [2.24, 2.45) is 0 Å². The topological polar surface area (TPSA) is 60.5 Å². The van der Waals surface area contributed by atoms with Gasteiger partial charge < -0.3 is 23.8 Å². The van der Waals surface area contributed by atoms with Crippen LogP contribution in [0.4, 0.5) is 0 Å². The lowest BCUT2D eigenvalue weighted by Gasteiger charge is -2.35. The zero-order valence-corrected chi connectivity index (χ0v) is 17.4. The van der Waals surface area contributed by atoms with Gasteiger partial charge in [-0.15, -0.1) is 0 Å². The molecule has 29 heavy (non-hydrogen) atoms. The zero-order chi connectivity index (χ0) is 20.8. The Balaban J connectivity index is 1.61. The first-order valence-corrected chi connectivity index (χ1v) is 9.53. The lowest BCUT2D eigenvalue weighted by molar-refractivity contribution is 0.0627. The van der Waals surface area contributed by atoms with E-state index >= 15 is 0 Å². The minimum atomic E-state index is -0.00651. The molecule has 0 bridgehead atoms. The van der Waals surface area contributed by atoms with Gasteiger partial charge in [-0.1, -0.05) is 6.07 Å². The van der Waals surface area contributed by atoms with E-state index in [4.69, 9.17) is 18.9 Å². The van der Waals surface area contributed by atoms with Crippen LogP contribution in [0.1, 0.15) is 15.9 Å². The third kappa shape index (κ3) is 4.92. The molecule has 0 aromatic heterocycles. The molecule has 1 heterocycles. The summed E-state index contributed by atoms with van der Waals surface area (Å²) >= 11 is 0. The summed E-state index contributed by atoms with van der Waals surface area (Å²) in [6.07, 6.45) is 0. The van der Waals surface area contributed by atoms with Crippen LogP contribution in [0.5, 0.6) is 23.0 Å². The fourth-order valence-corrected chi connectivity index (χ4v) is 3.46. The maximum atomic E-state index is 12.9. The van der Waals surface area contributed by atoms with Crippen molar-refractivity contribution in [2.75, 3.05) is 54.6 Å².